The zero-order chi connectivity index (χ0) is 16.9. The van der Waals surface area contributed by atoms with Crippen LogP contribution in [0.1, 0.15) is 5.56 Å². The summed E-state index contributed by atoms with van der Waals surface area (Å²) >= 11 is 0. The number of benzene rings is 1. The molecule has 2 N–H and O–H groups in total. The van der Waals surface area contributed by atoms with Gasteiger partial charge in [-0.05, 0) is 17.7 Å². The first-order chi connectivity index (χ1) is 10.9. The number of methoxy groups -OCH3 is 1. The van der Waals surface area contributed by atoms with Crippen molar-refractivity contribution >= 4 is 18.3 Å². The highest BCUT2D eigenvalue weighted by Crippen LogP contribution is 2.19. The van der Waals surface area contributed by atoms with Gasteiger partial charge in [0.15, 0.2) is 6.61 Å². The van der Waals surface area contributed by atoms with Crippen LogP contribution in [-0.4, -0.2) is 51.0 Å². The summed E-state index contributed by atoms with van der Waals surface area (Å²) < 4.78 is 46.4. The molecule has 0 saturated carbocycles. The third kappa shape index (κ3) is 6.54. The standard InChI is InChI=1S/C15H19F3N2O3.ClH/c1-22-13-8-19-7-12(13)20-14(21)6-10-3-2-4-11(5-10)23-9-15(16,17)18;/h2-5,12-13,19H,6-9H2,1H3,(H,20,21);1H/t12?,13-;/m0./s1. The largest absolute Gasteiger partial charge is 0.484 e. The minimum absolute atomic E-state index is 0. The molecule has 5 nitrogen and oxygen atoms in total. The lowest BCUT2D eigenvalue weighted by Crippen LogP contribution is -2.44. The van der Waals surface area contributed by atoms with Crippen molar-refractivity contribution in [3.05, 3.63) is 29.8 Å². The molecule has 2 rings (SSSR count). The van der Waals surface area contributed by atoms with Crippen molar-refractivity contribution < 1.29 is 27.4 Å². The molecular weight excluding hydrogens is 349 g/mol. The minimum Gasteiger partial charge on any atom is -0.484 e. The van der Waals surface area contributed by atoms with Crippen LogP contribution in [0.4, 0.5) is 13.2 Å². The van der Waals surface area contributed by atoms with Crippen molar-refractivity contribution in [3.63, 3.8) is 0 Å². The van der Waals surface area contributed by atoms with Crippen LogP contribution in [0.25, 0.3) is 0 Å². The van der Waals surface area contributed by atoms with Crippen LogP contribution in [0.15, 0.2) is 24.3 Å². The molecule has 0 aromatic heterocycles. The van der Waals surface area contributed by atoms with Gasteiger partial charge in [-0.1, -0.05) is 12.1 Å². The fraction of sp³-hybridized carbons (Fsp3) is 0.533. The van der Waals surface area contributed by atoms with Gasteiger partial charge in [0.2, 0.25) is 5.91 Å². The molecule has 1 unspecified atom stereocenters. The molecule has 2 atom stereocenters. The molecule has 1 fully saturated rings. The van der Waals surface area contributed by atoms with Crippen molar-refractivity contribution in [1.82, 2.24) is 10.6 Å². The first kappa shape index (κ1) is 20.5. The van der Waals surface area contributed by atoms with Crippen molar-refractivity contribution in [2.75, 3.05) is 26.8 Å². The van der Waals surface area contributed by atoms with E-state index in [0.29, 0.717) is 18.7 Å². The number of ether oxygens (including phenoxy) is 2. The summed E-state index contributed by atoms with van der Waals surface area (Å²) in [4.78, 5) is 12.0. The van der Waals surface area contributed by atoms with Crippen molar-refractivity contribution in [2.45, 2.75) is 24.7 Å². The molecule has 1 aromatic carbocycles. The summed E-state index contributed by atoms with van der Waals surface area (Å²) in [6.45, 7) is -0.0624. The first-order valence-corrected chi connectivity index (χ1v) is 7.19. The highest BCUT2D eigenvalue weighted by Gasteiger charge is 2.29. The summed E-state index contributed by atoms with van der Waals surface area (Å²) in [5.74, 6) is -0.126. The molecule has 0 spiro atoms. The maximum Gasteiger partial charge on any atom is 0.422 e. The van der Waals surface area contributed by atoms with Crippen LogP contribution >= 0.6 is 12.4 Å². The van der Waals surface area contributed by atoms with Gasteiger partial charge in [-0.15, -0.1) is 12.4 Å². The Bertz CT molecular complexity index is 543. The lowest BCUT2D eigenvalue weighted by atomic mass is 10.1. The summed E-state index contributed by atoms with van der Waals surface area (Å²) in [6.07, 6.45) is -4.41. The van der Waals surface area contributed by atoms with Gasteiger partial charge in [-0.25, -0.2) is 0 Å². The maximum atomic E-state index is 12.1. The molecule has 1 aliphatic heterocycles. The van der Waals surface area contributed by atoms with Gasteiger partial charge in [-0.2, -0.15) is 13.2 Å². The first-order valence-electron chi connectivity index (χ1n) is 7.19. The van der Waals surface area contributed by atoms with E-state index < -0.39 is 12.8 Å². The van der Waals surface area contributed by atoms with E-state index in [9.17, 15) is 18.0 Å². The van der Waals surface area contributed by atoms with E-state index in [-0.39, 0.29) is 42.6 Å². The van der Waals surface area contributed by atoms with E-state index in [0.717, 1.165) is 0 Å². The van der Waals surface area contributed by atoms with Crippen LogP contribution in [0.2, 0.25) is 0 Å². The molecule has 136 valence electrons. The fourth-order valence-electron chi connectivity index (χ4n) is 2.40. The van der Waals surface area contributed by atoms with E-state index in [1.807, 2.05) is 0 Å². The lowest BCUT2D eigenvalue weighted by Gasteiger charge is -2.18. The predicted octanol–water partition coefficient (Wildman–Crippen LogP) is 1.70. The van der Waals surface area contributed by atoms with Gasteiger partial charge in [0.05, 0.1) is 18.6 Å². The molecule has 1 aliphatic rings. The predicted molar refractivity (Wildman–Crippen MR) is 84.5 cm³/mol. The van der Waals surface area contributed by atoms with E-state index in [4.69, 9.17) is 4.74 Å². The molecule has 1 saturated heterocycles. The zero-order valence-electron chi connectivity index (χ0n) is 13.1. The normalized spacial score (nSPS) is 20.3. The third-order valence-electron chi connectivity index (χ3n) is 3.47. The van der Waals surface area contributed by atoms with E-state index in [1.165, 1.54) is 12.1 Å². The second-order valence-corrected chi connectivity index (χ2v) is 5.33. The number of alkyl halides is 3. The van der Waals surface area contributed by atoms with Crippen LogP contribution in [0.5, 0.6) is 5.75 Å². The number of nitrogens with one attached hydrogen (secondary N) is 2. The van der Waals surface area contributed by atoms with Gasteiger partial charge in [0.1, 0.15) is 5.75 Å². The monoisotopic (exact) mass is 368 g/mol. The van der Waals surface area contributed by atoms with E-state index in [2.05, 4.69) is 15.4 Å². The molecule has 1 heterocycles. The number of hydrogen-bond donors (Lipinski definition) is 2. The number of hydrogen-bond acceptors (Lipinski definition) is 4. The Labute approximate surface area is 144 Å². The molecule has 24 heavy (non-hydrogen) atoms. The highest BCUT2D eigenvalue weighted by molar-refractivity contribution is 5.85. The van der Waals surface area contributed by atoms with Gasteiger partial charge < -0.3 is 20.1 Å². The van der Waals surface area contributed by atoms with Crippen LogP contribution in [0, 0.1) is 0 Å². The fourth-order valence-corrected chi connectivity index (χ4v) is 2.40. The Morgan fingerprint density at radius 2 is 2.12 bits per heavy atom. The smallest absolute Gasteiger partial charge is 0.422 e. The van der Waals surface area contributed by atoms with E-state index >= 15 is 0 Å². The van der Waals surface area contributed by atoms with Crippen LogP contribution in [0.3, 0.4) is 0 Å². The maximum absolute atomic E-state index is 12.1. The summed E-state index contributed by atoms with van der Waals surface area (Å²) in [5.41, 5.74) is 0.585. The van der Waals surface area contributed by atoms with Crippen molar-refractivity contribution in [2.24, 2.45) is 0 Å². The van der Waals surface area contributed by atoms with Gasteiger partial charge in [0.25, 0.3) is 0 Å². The second-order valence-electron chi connectivity index (χ2n) is 5.33. The molecule has 0 radical (unpaired) electrons. The minimum atomic E-state index is -4.39. The number of rotatable bonds is 6. The Morgan fingerprint density at radius 1 is 1.38 bits per heavy atom. The van der Waals surface area contributed by atoms with Crippen LogP contribution < -0.4 is 15.4 Å². The number of amides is 1. The third-order valence-corrected chi connectivity index (χ3v) is 3.47. The molecule has 1 aromatic rings. The number of carbonyl (C=O) groups is 1. The topological polar surface area (TPSA) is 59.6 Å². The lowest BCUT2D eigenvalue weighted by molar-refractivity contribution is -0.153. The molecular formula is C15H20ClF3N2O3. The molecule has 1 amide bonds. The summed E-state index contributed by atoms with van der Waals surface area (Å²) in [6, 6.07) is 5.97. The van der Waals surface area contributed by atoms with Gasteiger partial charge >= 0.3 is 6.18 Å². The highest BCUT2D eigenvalue weighted by atomic mass is 35.5. The number of halogens is 4. The number of carbonyl (C=O) groups excluding carboxylic acids is 1. The Morgan fingerprint density at radius 3 is 2.79 bits per heavy atom. The quantitative estimate of drug-likeness (QED) is 0.802. The molecule has 0 aliphatic carbocycles. The van der Waals surface area contributed by atoms with Crippen molar-refractivity contribution in [3.8, 4) is 5.75 Å². The Hall–Kier alpha value is -1.51. The van der Waals surface area contributed by atoms with Crippen LogP contribution in [-0.2, 0) is 16.0 Å². The van der Waals surface area contributed by atoms with Gasteiger partial charge in [-0.3, -0.25) is 4.79 Å². The molecule has 9 heteroatoms. The summed E-state index contributed by atoms with van der Waals surface area (Å²) in [7, 11) is 1.58. The van der Waals surface area contributed by atoms with Gasteiger partial charge in [0, 0.05) is 20.2 Å². The van der Waals surface area contributed by atoms with Crippen molar-refractivity contribution in [1.29, 1.82) is 0 Å². The average molecular weight is 369 g/mol. The summed E-state index contributed by atoms with van der Waals surface area (Å²) in [5, 5.41) is 5.97. The molecule has 0 bridgehead atoms. The zero-order valence-corrected chi connectivity index (χ0v) is 13.9. The van der Waals surface area contributed by atoms with E-state index in [1.54, 1.807) is 19.2 Å². The Balaban J connectivity index is 0.00000288. The SMILES string of the molecule is CO[C@H]1CNCC1NC(=O)Cc1cccc(OCC(F)(F)F)c1.Cl. The average Bonchev–Trinajstić information content (AvgIpc) is 2.92. The Kier molecular flexibility index (Phi) is 7.78. The second kappa shape index (κ2) is 9.10.